The number of likely N-dealkylation sites (tertiary alicyclic amines) is 1. The number of benzene rings is 1. The number of hydrogen-bond acceptors (Lipinski definition) is 7. The van der Waals surface area contributed by atoms with Gasteiger partial charge in [-0.15, -0.1) is 0 Å². The van der Waals surface area contributed by atoms with Crippen LogP contribution in [-0.2, 0) is 25.6 Å². The lowest BCUT2D eigenvalue weighted by Crippen LogP contribution is -2.47. The van der Waals surface area contributed by atoms with Gasteiger partial charge in [-0.05, 0) is 56.3 Å². The Labute approximate surface area is 208 Å². The number of ether oxygens (including phenoxy) is 3. The van der Waals surface area contributed by atoms with Crippen LogP contribution in [0.2, 0.25) is 0 Å². The summed E-state index contributed by atoms with van der Waals surface area (Å²) in [6.07, 6.45) is 8.05. The van der Waals surface area contributed by atoms with Crippen LogP contribution in [0.25, 0.3) is 0 Å². The van der Waals surface area contributed by atoms with Crippen molar-refractivity contribution in [1.82, 2.24) is 9.80 Å². The molecule has 198 valence electrons. The van der Waals surface area contributed by atoms with Crippen molar-refractivity contribution in [2.24, 2.45) is 5.41 Å². The van der Waals surface area contributed by atoms with Gasteiger partial charge < -0.3 is 24.4 Å². The van der Waals surface area contributed by atoms with Gasteiger partial charge in [0.15, 0.2) is 0 Å². The van der Waals surface area contributed by atoms with E-state index in [2.05, 4.69) is 34.1 Å². The van der Waals surface area contributed by atoms with Crippen LogP contribution >= 0.6 is 0 Å². The molecule has 1 saturated carbocycles. The zero-order chi connectivity index (χ0) is 25.4. The molecule has 4 rings (SSSR count). The molecule has 9 heteroatoms. The number of hydrogen-bond donors (Lipinski definition) is 2. The Kier molecular flexibility index (Phi) is 13.7. The summed E-state index contributed by atoms with van der Waals surface area (Å²) < 4.78 is 17.2. The molecule has 9 nitrogen and oxygen atoms in total. The number of piperidine rings is 1. The first kappa shape index (κ1) is 29.0. The number of nitrogens with zero attached hydrogens (tertiary/aromatic N) is 2. The Hall–Kier alpha value is -2.20. The largest absolute Gasteiger partial charge is 0.494 e. The molecule has 2 atom stereocenters. The fourth-order valence-corrected chi connectivity index (χ4v) is 5.59. The Morgan fingerprint density at radius 3 is 2.34 bits per heavy atom. The monoisotopic (exact) mass is 494 g/mol. The summed E-state index contributed by atoms with van der Waals surface area (Å²) in [5.74, 6) is 0.987. The minimum Gasteiger partial charge on any atom is -0.494 e. The topological polar surface area (TPSA) is 109 Å². The van der Waals surface area contributed by atoms with Crippen LogP contribution in [0.15, 0.2) is 24.3 Å². The molecular formula is C26H42N2O7. The van der Waals surface area contributed by atoms with Crippen LogP contribution in [0, 0.1) is 5.41 Å². The summed E-state index contributed by atoms with van der Waals surface area (Å²) in [5.41, 5.74) is 1.78. The molecule has 0 aromatic heterocycles. The molecule has 2 aliphatic heterocycles. The predicted molar refractivity (Wildman–Crippen MR) is 133 cm³/mol. The molecule has 2 heterocycles. The normalized spacial score (nSPS) is 24.5. The van der Waals surface area contributed by atoms with E-state index in [0.29, 0.717) is 11.5 Å². The maximum atomic E-state index is 8.36. The molecule has 35 heavy (non-hydrogen) atoms. The van der Waals surface area contributed by atoms with Gasteiger partial charge >= 0.3 is 0 Å². The molecule has 0 unspecified atom stereocenters. The van der Waals surface area contributed by atoms with Gasteiger partial charge in [0.05, 0.1) is 25.9 Å². The molecule has 3 fully saturated rings. The van der Waals surface area contributed by atoms with Crippen LogP contribution in [0.3, 0.4) is 0 Å². The standard InChI is InChI=1S/C24H38N2O3.2CH2O2/c1-27-23-5-2-10-24(23)11-3-12-26(20-24)19-21-6-8-22(9-7-21)29-16-4-13-25-14-17-28-18-15-25;2*2-1-3/h6-9,23H,2-5,10-20H2,1H3;2*1H,(H,2,3)/t23-,24+;;/m1../s1. The first-order chi connectivity index (χ1) is 17.1. The summed E-state index contributed by atoms with van der Waals surface area (Å²) in [6.45, 7) is 8.65. The molecular weight excluding hydrogens is 452 g/mol. The van der Waals surface area contributed by atoms with Crippen LogP contribution < -0.4 is 4.74 Å². The van der Waals surface area contributed by atoms with Crippen molar-refractivity contribution in [1.29, 1.82) is 0 Å². The van der Waals surface area contributed by atoms with E-state index in [1.807, 2.05) is 7.11 Å². The second kappa shape index (κ2) is 16.5. The summed E-state index contributed by atoms with van der Waals surface area (Å²) in [4.78, 5) is 21.8. The van der Waals surface area contributed by atoms with Gasteiger partial charge in [0.1, 0.15) is 5.75 Å². The highest BCUT2D eigenvalue weighted by Gasteiger charge is 2.45. The van der Waals surface area contributed by atoms with Gasteiger partial charge in [-0.3, -0.25) is 19.4 Å². The quantitative estimate of drug-likeness (QED) is 0.416. The molecule has 2 N–H and O–H groups in total. The molecule has 1 spiro atoms. The van der Waals surface area contributed by atoms with Crippen molar-refractivity contribution in [3.05, 3.63) is 29.8 Å². The van der Waals surface area contributed by atoms with Crippen molar-refractivity contribution in [2.75, 3.05) is 59.7 Å². The Morgan fingerprint density at radius 2 is 1.69 bits per heavy atom. The number of carbonyl (C=O) groups is 2. The molecule has 0 radical (unpaired) electrons. The second-order valence-electron chi connectivity index (χ2n) is 9.30. The SMILES string of the molecule is CO[C@@H]1CCC[C@@]12CCCN(Cc1ccc(OCCCN3CCOCC3)cc1)C2.O=CO.O=CO. The minimum atomic E-state index is -0.250. The van der Waals surface area contributed by atoms with Gasteiger partial charge in [-0.2, -0.15) is 0 Å². The Balaban J connectivity index is 0.000000655. The van der Waals surface area contributed by atoms with Crippen LogP contribution in [-0.4, -0.2) is 98.7 Å². The Morgan fingerprint density at radius 1 is 1.03 bits per heavy atom. The van der Waals surface area contributed by atoms with Crippen molar-refractivity contribution in [2.45, 2.75) is 51.2 Å². The highest BCUT2D eigenvalue weighted by Crippen LogP contribution is 2.46. The van der Waals surface area contributed by atoms with Crippen molar-refractivity contribution in [3.8, 4) is 5.75 Å². The highest BCUT2D eigenvalue weighted by molar-refractivity contribution is 5.33. The van der Waals surface area contributed by atoms with Crippen molar-refractivity contribution >= 4 is 12.9 Å². The molecule has 2 saturated heterocycles. The first-order valence-electron chi connectivity index (χ1n) is 12.5. The van der Waals surface area contributed by atoms with E-state index in [1.54, 1.807) is 0 Å². The van der Waals surface area contributed by atoms with E-state index < -0.39 is 0 Å². The number of rotatable bonds is 8. The molecule has 3 aliphatic rings. The van der Waals surface area contributed by atoms with Gasteiger partial charge in [0.25, 0.3) is 12.9 Å². The maximum Gasteiger partial charge on any atom is 0.290 e. The lowest BCUT2D eigenvalue weighted by atomic mass is 9.76. The number of methoxy groups -OCH3 is 1. The van der Waals surface area contributed by atoms with E-state index in [9.17, 15) is 0 Å². The van der Waals surface area contributed by atoms with Gasteiger partial charge in [-0.25, -0.2) is 0 Å². The van der Waals surface area contributed by atoms with Crippen LogP contribution in [0.4, 0.5) is 0 Å². The first-order valence-corrected chi connectivity index (χ1v) is 12.5. The van der Waals surface area contributed by atoms with Crippen LogP contribution in [0.1, 0.15) is 44.1 Å². The van der Waals surface area contributed by atoms with Gasteiger partial charge in [0.2, 0.25) is 0 Å². The highest BCUT2D eigenvalue weighted by atomic mass is 16.5. The number of morpholine rings is 1. The summed E-state index contributed by atoms with van der Waals surface area (Å²) >= 11 is 0. The average Bonchev–Trinajstić information content (AvgIpc) is 3.26. The van der Waals surface area contributed by atoms with Crippen LogP contribution in [0.5, 0.6) is 5.75 Å². The summed E-state index contributed by atoms with van der Waals surface area (Å²) in [5, 5.41) is 13.8. The maximum absolute atomic E-state index is 8.36. The summed E-state index contributed by atoms with van der Waals surface area (Å²) in [7, 11) is 1.90. The smallest absolute Gasteiger partial charge is 0.290 e. The minimum absolute atomic E-state index is 0.250. The molecule has 0 bridgehead atoms. The molecule has 1 aliphatic carbocycles. The molecule has 0 amide bonds. The zero-order valence-corrected chi connectivity index (χ0v) is 21.0. The Bertz CT molecular complexity index is 706. The number of carboxylic acid groups (broad SMARTS) is 2. The average molecular weight is 495 g/mol. The third-order valence-electron chi connectivity index (χ3n) is 7.12. The van der Waals surface area contributed by atoms with Crippen molar-refractivity contribution < 1.29 is 34.0 Å². The van der Waals surface area contributed by atoms with Gasteiger partial charge in [0, 0.05) is 45.2 Å². The van der Waals surface area contributed by atoms with E-state index >= 15 is 0 Å². The summed E-state index contributed by atoms with van der Waals surface area (Å²) in [6, 6.07) is 8.75. The lowest BCUT2D eigenvalue weighted by Gasteiger charge is -2.43. The third kappa shape index (κ3) is 9.76. The molecule has 1 aromatic carbocycles. The van der Waals surface area contributed by atoms with E-state index in [4.69, 9.17) is 34.0 Å². The fraction of sp³-hybridized carbons (Fsp3) is 0.692. The van der Waals surface area contributed by atoms with E-state index in [1.165, 1.54) is 50.8 Å². The van der Waals surface area contributed by atoms with E-state index in [-0.39, 0.29) is 12.9 Å². The van der Waals surface area contributed by atoms with Gasteiger partial charge in [-0.1, -0.05) is 18.6 Å². The third-order valence-corrected chi connectivity index (χ3v) is 7.12. The predicted octanol–water partition coefficient (Wildman–Crippen LogP) is 2.97. The van der Waals surface area contributed by atoms with E-state index in [0.717, 1.165) is 58.2 Å². The zero-order valence-electron chi connectivity index (χ0n) is 21.0. The molecule has 1 aromatic rings. The second-order valence-corrected chi connectivity index (χ2v) is 9.30. The lowest BCUT2D eigenvalue weighted by molar-refractivity contribution is -0.123. The van der Waals surface area contributed by atoms with Crippen molar-refractivity contribution in [3.63, 3.8) is 0 Å². The fourth-order valence-electron chi connectivity index (χ4n) is 5.59.